The number of rotatable bonds is 7. The lowest BCUT2D eigenvalue weighted by Crippen LogP contribution is -2.46. The lowest BCUT2D eigenvalue weighted by molar-refractivity contribution is 0.0195. The number of benzene rings is 1. The van der Waals surface area contributed by atoms with Crippen molar-refractivity contribution in [3.05, 3.63) is 42.5 Å². The van der Waals surface area contributed by atoms with Crippen LogP contribution in [0.15, 0.2) is 41.9 Å². The predicted molar refractivity (Wildman–Crippen MR) is 125 cm³/mol. The Morgan fingerprint density at radius 1 is 1.32 bits per heavy atom. The average Bonchev–Trinajstić information content (AvgIpc) is 3.21. The molecule has 2 fully saturated rings. The number of likely N-dealkylation sites (tertiary alicyclic amines) is 1. The quantitative estimate of drug-likeness (QED) is 0.270. The minimum atomic E-state index is 0. The summed E-state index contributed by atoms with van der Waals surface area (Å²) in [6, 6.07) is 8.69. The van der Waals surface area contributed by atoms with E-state index in [1.54, 1.807) is 6.08 Å². The molecule has 2 aliphatic rings. The zero-order valence-corrected chi connectivity index (χ0v) is 19.1. The normalized spacial score (nSPS) is 20.5. The number of nitrogens with zero attached hydrogens (tertiary/aromatic N) is 3. The van der Waals surface area contributed by atoms with Crippen LogP contribution in [-0.4, -0.2) is 74.3 Å². The molecular formula is C21H33IN4O2. The van der Waals surface area contributed by atoms with Gasteiger partial charge in [0, 0.05) is 44.3 Å². The number of halogens is 1. The molecule has 1 atom stereocenters. The Bertz CT molecular complexity index is 635. The molecule has 3 rings (SSSR count). The van der Waals surface area contributed by atoms with Gasteiger partial charge in [-0.05, 0) is 19.4 Å². The monoisotopic (exact) mass is 500 g/mol. The lowest BCUT2D eigenvalue weighted by atomic mass is 10.2. The van der Waals surface area contributed by atoms with Crippen LogP contribution in [0.4, 0.5) is 0 Å². The molecule has 1 aromatic rings. The van der Waals surface area contributed by atoms with Crippen LogP contribution in [0.5, 0.6) is 5.75 Å². The first-order valence-electron chi connectivity index (χ1n) is 9.98. The second-order valence-electron chi connectivity index (χ2n) is 6.91. The predicted octanol–water partition coefficient (Wildman–Crippen LogP) is 2.74. The lowest BCUT2D eigenvalue weighted by Gasteiger charge is -2.32. The van der Waals surface area contributed by atoms with E-state index in [2.05, 4.69) is 34.7 Å². The highest BCUT2D eigenvalue weighted by molar-refractivity contribution is 14.0. The number of hydrogen-bond donors (Lipinski definition) is 1. The van der Waals surface area contributed by atoms with Crippen LogP contribution in [0.3, 0.4) is 0 Å². The fraction of sp³-hybridized carbons (Fsp3) is 0.571. The fourth-order valence-corrected chi connectivity index (χ4v) is 3.68. The molecule has 2 heterocycles. The maximum Gasteiger partial charge on any atom is 0.194 e. The van der Waals surface area contributed by atoms with Gasteiger partial charge >= 0.3 is 0 Å². The van der Waals surface area contributed by atoms with E-state index >= 15 is 0 Å². The summed E-state index contributed by atoms with van der Waals surface area (Å²) in [7, 11) is 0. The van der Waals surface area contributed by atoms with Crippen molar-refractivity contribution in [3.8, 4) is 5.75 Å². The summed E-state index contributed by atoms with van der Waals surface area (Å²) in [6.07, 6.45) is 2.95. The number of ether oxygens (including phenoxy) is 2. The summed E-state index contributed by atoms with van der Waals surface area (Å²) in [5, 5.41) is 3.46. The van der Waals surface area contributed by atoms with Gasteiger partial charge in [-0.15, -0.1) is 24.0 Å². The molecule has 2 saturated heterocycles. The van der Waals surface area contributed by atoms with Crippen molar-refractivity contribution in [3.63, 3.8) is 0 Å². The van der Waals surface area contributed by atoms with Gasteiger partial charge in [0.15, 0.2) is 5.96 Å². The number of morpholine rings is 1. The Labute approximate surface area is 186 Å². The van der Waals surface area contributed by atoms with Gasteiger partial charge in [0.05, 0.1) is 19.8 Å². The fourth-order valence-electron chi connectivity index (χ4n) is 3.68. The smallest absolute Gasteiger partial charge is 0.194 e. The number of nitrogens with one attached hydrogen (secondary N) is 1. The Hall–Kier alpha value is -1.32. The summed E-state index contributed by atoms with van der Waals surface area (Å²) in [5.74, 6) is 1.87. The number of guanidine groups is 1. The molecule has 0 saturated carbocycles. The van der Waals surface area contributed by atoms with Gasteiger partial charge < -0.3 is 19.7 Å². The highest BCUT2D eigenvalue weighted by atomic mass is 127. The SMILES string of the molecule is C=CCOc1ccccc1CN=C(NCC)N1CCC(N2CCOCC2)C1.I. The molecule has 28 heavy (non-hydrogen) atoms. The molecule has 1 aromatic carbocycles. The van der Waals surface area contributed by atoms with E-state index in [4.69, 9.17) is 14.5 Å². The van der Waals surface area contributed by atoms with Crippen LogP contribution in [0.1, 0.15) is 18.9 Å². The molecule has 1 unspecified atom stereocenters. The van der Waals surface area contributed by atoms with Crippen molar-refractivity contribution in [1.82, 2.24) is 15.1 Å². The Kier molecular flexibility index (Phi) is 10.1. The second kappa shape index (κ2) is 12.3. The summed E-state index contributed by atoms with van der Waals surface area (Å²) < 4.78 is 11.3. The van der Waals surface area contributed by atoms with Gasteiger partial charge in [-0.2, -0.15) is 0 Å². The van der Waals surface area contributed by atoms with Crippen LogP contribution < -0.4 is 10.1 Å². The highest BCUT2D eigenvalue weighted by Gasteiger charge is 2.30. The van der Waals surface area contributed by atoms with Gasteiger partial charge in [-0.1, -0.05) is 30.9 Å². The van der Waals surface area contributed by atoms with E-state index < -0.39 is 0 Å². The molecular weight excluding hydrogens is 467 g/mol. The molecule has 0 bridgehead atoms. The van der Waals surface area contributed by atoms with Gasteiger partial charge in [0.25, 0.3) is 0 Å². The van der Waals surface area contributed by atoms with E-state index in [1.165, 1.54) is 6.42 Å². The maximum absolute atomic E-state index is 5.76. The van der Waals surface area contributed by atoms with E-state index in [0.29, 0.717) is 19.2 Å². The molecule has 156 valence electrons. The van der Waals surface area contributed by atoms with E-state index in [9.17, 15) is 0 Å². The summed E-state index contributed by atoms with van der Waals surface area (Å²) in [5.41, 5.74) is 1.10. The largest absolute Gasteiger partial charge is 0.489 e. The second-order valence-corrected chi connectivity index (χ2v) is 6.91. The van der Waals surface area contributed by atoms with Crippen molar-refractivity contribution in [1.29, 1.82) is 0 Å². The zero-order chi connectivity index (χ0) is 18.9. The van der Waals surface area contributed by atoms with Crippen LogP contribution >= 0.6 is 24.0 Å². The number of aliphatic imine (C=N–C) groups is 1. The molecule has 0 aromatic heterocycles. The van der Waals surface area contributed by atoms with Gasteiger partial charge in [-0.3, -0.25) is 4.90 Å². The number of hydrogen-bond acceptors (Lipinski definition) is 4. The highest BCUT2D eigenvalue weighted by Crippen LogP contribution is 2.20. The molecule has 1 N–H and O–H groups in total. The first-order chi connectivity index (χ1) is 13.3. The van der Waals surface area contributed by atoms with Crippen molar-refractivity contribution < 1.29 is 9.47 Å². The van der Waals surface area contributed by atoms with Crippen LogP contribution in [0.25, 0.3) is 0 Å². The van der Waals surface area contributed by atoms with E-state index in [0.717, 1.165) is 63.2 Å². The maximum atomic E-state index is 5.76. The standard InChI is InChI=1S/C21H32N4O2.HI/c1-3-13-27-20-8-6-5-7-18(20)16-23-21(22-4-2)25-10-9-19(17-25)24-11-14-26-15-12-24;/h3,5-8,19H,1,4,9-17H2,2H3,(H,22,23);1H. The molecule has 0 aliphatic carbocycles. The zero-order valence-electron chi connectivity index (χ0n) is 16.8. The molecule has 6 nitrogen and oxygen atoms in total. The first-order valence-corrected chi connectivity index (χ1v) is 9.98. The third kappa shape index (κ3) is 6.35. The summed E-state index contributed by atoms with van der Waals surface area (Å²) in [4.78, 5) is 9.84. The topological polar surface area (TPSA) is 49.3 Å². The van der Waals surface area contributed by atoms with Crippen molar-refractivity contribution in [2.45, 2.75) is 25.9 Å². The van der Waals surface area contributed by atoms with Crippen LogP contribution in [0, 0.1) is 0 Å². The Morgan fingerprint density at radius 3 is 2.86 bits per heavy atom. The minimum Gasteiger partial charge on any atom is -0.489 e. The number of para-hydroxylation sites is 1. The third-order valence-corrected chi connectivity index (χ3v) is 5.09. The van der Waals surface area contributed by atoms with Crippen molar-refractivity contribution in [2.75, 3.05) is 52.5 Å². The third-order valence-electron chi connectivity index (χ3n) is 5.09. The van der Waals surface area contributed by atoms with E-state index in [1.807, 2.05) is 18.2 Å². The van der Waals surface area contributed by atoms with Crippen molar-refractivity contribution in [2.24, 2.45) is 4.99 Å². The Balaban J connectivity index is 0.00000280. The molecule has 0 spiro atoms. The van der Waals surface area contributed by atoms with Gasteiger partial charge in [0.1, 0.15) is 12.4 Å². The van der Waals surface area contributed by atoms with E-state index in [-0.39, 0.29) is 24.0 Å². The minimum absolute atomic E-state index is 0. The first kappa shape index (κ1) is 23.0. The summed E-state index contributed by atoms with van der Waals surface area (Å²) in [6.45, 7) is 13.7. The summed E-state index contributed by atoms with van der Waals surface area (Å²) >= 11 is 0. The molecule has 0 radical (unpaired) electrons. The van der Waals surface area contributed by atoms with Gasteiger partial charge in [-0.25, -0.2) is 4.99 Å². The molecule has 2 aliphatic heterocycles. The van der Waals surface area contributed by atoms with Gasteiger partial charge in [0.2, 0.25) is 0 Å². The van der Waals surface area contributed by atoms with Crippen molar-refractivity contribution >= 4 is 29.9 Å². The average molecular weight is 500 g/mol. The molecule has 0 amide bonds. The Morgan fingerprint density at radius 2 is 2.11 bits per heavy atom. The van der Waals surface area contributed by atoms with Crippen LogP contribution in [0.2, 0.25) is 0 Å². The van der Waals surface area contributed by atoms with Crippen LogP contribution in [-0.2, 0) is 11.3 Å². The molecule has 7 heteroatoms.